The first-order valence-corrected chi connectivity index (χ1v) is 10.7. The number of ether oxygens (including phenoxy) is 2. The summed E-state index contributed by atoms with van der Waals surface area (Å²) in [4.78, 5) is 4.98. The molecule has 0 saturated heterocycles. The molecule has 5 heteroatoms. The summed E-state index contributed by atoms with van der Waals surface area (Å²) < 4.78 is 11.5. The summed E-state index contributed by atoms with van der Waals surface area (Å²) >= 11 is 6.24. The fraction of sp³-hybridized carbons (Fsp3) is 0.458. The molecule has 3 aliphatic rings. The van der Waals surface area contributed by atoms with E-state index >= 15 is 0 Å². The number of hydrogen-bond donors (Lipinski definition) is 1. The highest BCUT2D eigenvalue weighted by Gasteiger charge is 2.62. The number of benzene rings is 2. The average Bonchev–Trinajstić information content (AvgIpc) is 3.21. The molecular formula is C24H27ClN2O2. The zero-order chi connectivity index (χ0) is 20.2. The van der Waals surface area contributed by atoms with Crippen molar-refractivity contribution in [2.75, 3.05) is 13.7 Å². The van der Waals surface area contributed by atoms with Crippen LogP contribution in [0.5, 0.6) is 0 Å². The van der Waals surface area contributed by atoms with E-state index in [9.17, 15) is 0 Å². The first-order valence-electron chi connectivity index (χ1n) is 10.4. The molecule has 0 aromatic heterocycles. The van der Waals surface area contributed by atoms with Crippen LogP contribution in [0.4, 0.5) is 0 Å². The minimum Gasteiger partial charge on any atom is -0.462 e. The molecule has 1 aliphatic heterocycles. The first kappa shape index (κ1) is 19.0. The highest BCUT2D eigenvalue weighted by molar-refractivity contribution is 6.30. The normalized spacial score (nSPS) is 33.0. The van der Waals surface area contributed by atoms with Gasteiger partial charge in [-0.3, -0.25) is 0 Å². The van der Waals surface area contributed by atoms with Gasteiger partial charge in [0.1, 0.15) is 12.1 Å². The lowest BCUT2D eigenvalue weighted by molar-refractivity contribution is -0.0445. The van der Waals surface area contributed by atoms with Gasteiger partial charge in [0.2, 0.25) is 0 Å². The molecule has 2 aromatic rings. The Kier molecular flexibility index (Phi) is 4.41. The third kappa shape index (κ3) is 2.80. The number of hydrogen-bond acceptors (Lipinski definition) is 4. The van der Waals surface area contributed by atoms with E-state index in [1.807, 2.05) is 25.3 Å². The van der Waals surface area contributed by atoms with Crippen LogP contribution in [0.3, 0.4) is 0 Å². The summed E-state index contributed by atoms with van der Waals surface area (Å²) in [6.07, 6.45) is 4.50. The van der Waals surface area contributed by atoms with Crippen molar-refractivity contribution in [1.29, 1.82) is 0 Å². The number of fused-ring (bicyclic) bond motifs is 3. The number of rotatable bonds is 2. The van der Waals surface area contributed by atoms with Gasteiger partial charge in [0, 0.05) is 17.5 Å². The average molecular weight is 411 g/mol. The van der Waals surface area contributed by atoms with Crippen molar-refractivity contribution in [3.05, 3.63) is 58.6 Å². The summed E-state index contributed by atoms with van der Waals surface area (Å²) in [5.74, 6) is 0.476. The second-order valence-corrected chi connectivity index (χ2v) is 9.37. The molecule has 2 aromatic carbocycles. The van der Waals surface area contributed by atoms with Crippen LogP contribution >= 0.6 is 11.6 Å². The SMILES string of the molecule is CO[C@H]1CC[C@@]2(Cc3ccc(-c4cccc(Cl)c4)cc3[C@@]23COC(N)=N3)C[C@@H]1C. The minimum absolute atomic E-state index is 0.0257. The second-order valence-electron chi connectivity index (χ2n) is 8.93. The molecule has 0 unspecified atom stereocenters. The number of methoxy groups -OCH3 is 1. The first-order chi connectivity index (χ1) is 14.0. The monoisotopic (exact) mass is 410 g/mol. The standard InChI is InChI=1S/C24H27ClN2O2/c1-15-12-23(9-8-21(15)28-2)13-18-7-6-17(16-4-3-5-19(25)10-16)11-20(18)24(23)14-29-22(26)27-24/h3-7,10-11,15,21H,8-9,12-14H2,1-2H3,(H2,26,27)/t15-,21-,23-,24-/m0/s1. The molecule has 29 heavy (non-hydrogen) atoms. The molecule has 1 heterocycles. The topological polar surface area (TPSA) is 56.8 Å². The van der Waals surface area contributed by atoms with E-state index in [4.69, 9.17) is 31.8 Å². The maximum absolute atomic E-state index is 6.24. The number of amidine groups is 1. The van der Waals surface area contributed by atoms with Gasteiger partial charge in [-0.05, 0) is 72.1 Å². The molecule has 0 radical (unpaired) electrons. The predicted octanol–water partition coefficient (Wildman–Crippen LogP) is 4.92. The van der Waals surface area contributed by atoms with E-state index in [1.54, 1.807) is 0 Å². The molecule has 2 N–H and O–H groups in total. The Hall–Kier alpha value is -2.04. The van der Waals surface area contributed by atoms with Gasteiger partial charge in [-0.2, -0.15) is 0 Å². The third-order valence-corrected chi connectivity index (χ3v) is 7.64. The number of nitrogens with zero attached hydrogens (tertiary/aromatic N) is 1. The van der Waals surface area contributed by atoms with Crippen molar-refractivity contribution in [2.45, 2.75) is 44.2 Å². The van der Waals surface area contributed by atoms with Gasteiger partial charge >= 0.3 is 0 Å². The number of halogens is 1. The van der Waals surface area contributed by atoms with Gasteiger partial charge in [0.05, 0.1) is 6.10 Å². The van der Waals surface area contributed by atoms with Crippen molar-refractivity contribution in [1.82, 2.24) is 0 Å². The molecule has 1 fully saturated rings. The largest absolute Gasteiger partial charge is 0.462 e. The van der Waals surface area contributed by atoms with Gasteiger partial charge < -0.3 is 15.2 Å². The predicted molar refractivity (Wildman–Crippen MR) is 116 cm³/mol. The zero-order valence-corrected chi connectivity index (χ0v) is 17.7. The summed E-state index contributed by atoms with van der Waals surface area (Å²) in [5.41, 5.74) is 10.6. The van der Waals surface area contributed by atoms with E-state index in [2.05, 4.69) is 31.2 Å². The van der Waals surface area contributed by atoms with E-state index in [-0.39, 0.29) is 5.41 Å². The summed E-state index contributed by atoms with van der Waals surface area (Å²) in [6, 6.07) is 15.1. The molecule has 0 amide bonds. The quantitative estimate of drug-likeness (QED) is 0.764. The van der Waals surface area contributed by atoms with Gasteiger partial charge in [-0.1, -0.05) is 42.8 Å². The summed E-state index contributed by atoms with van der Waals surface area (Å²) in [6.45, 7) is 2.82. The Bertz CT molecular complexity index is 991. The van der Waals surface area contributed by atoms with Gasteiger partial charge in [0.25, 0.3) is 6.02 Å². The smallest absolute Gasteiger partial charge is 0.283 e. The molecule has 2 aliphatic carbocycles. The zero-order valence-electron chi connectivity index (χ0n) is 17.0. The third-order valence-electron chi connectivity index (χ3n) is 7.41. The fourth-order valence-electron chi connectivity index (χ4n) is 6.04. The molecule has 5 rings (SSSR count). The van der Waals surface area contributed by atoms with Gasteiger partial charge in [-0.25, -0.2) is 4.99 Å². The Labute approximate surface area is 177 Å². The molecule has 4 nitrogen and oxygen atoms in total. The Morgan fingerprint density at radius 1 is 1.21 bits per heavy atom. The lowest BCUT2D eigenvalue weighted by Crippen LogP contribution is -2.48. The van der Waals surface area contributed by atoms with Crippen LogP contribution in [0, 0.1) is 11.3 Å². The van der Waals surface area contributed by atoms with Gasteiger partial charge in [-0.15, -0.1) is 0 Å². The van der Waals surface area contributed by atoms with Gasteiger partial charge in [0.15, 0.2) is 0 Å². The molecule has 2 spiro atoms. The van der Waals surface area contributed by atoms with E-state index in [1.165, 1.54) is 11.1 Å². The van der Waals surface area contributed by atoms with E-state index in [0.717, 1.165) is 41.8 Å². The highest BCUT2D eigenvalue weighted by atomic mass is 35.5. The molecule has 4 atom stereocenters. The summed E-state index contributed by atoms with van der Waals surface area (Å²) in [7, 11) is 1.82. The lowest BCUT2D eigenvalue weighted by Gasteiger charge is -2.47. The second kappa shape index (κ2) is 6.75. The highest BCUT2D eigenvalue weighted by Crippen LogP contribution is 2.62. The van der Waals surface area contributed by atoms with E-state index in [0.29, 0.717) is 24.7 Å². The molecule has 0 bridgehead atoms. The Morgan fingerprint density at radius 3 is 2.72 bits per heavy atom. The molecule has 1 saturated carbocycles. The van der Waals surface area contributed by atoms with Crippen LogP contribution in [-0.2, 0) is 21.4 Å². The van der Waals surface area contributed by atoms with Crippen LogP contribution in [0.25, 0.3) is 11.1 Å². The fourth-order valence-corrected chi connectivity index (χ4v) is 6.23. The molecule has 152 valence electrons. The maximum atomic E-state index is 6.24. The number of aliphatic imine (C=N–C) groups is 1. The summed E-state index contributed by atoms with van der Waals surface area (Å²) in [5, 5.41) is 0.743. The molecular weight excluding hydrogens is 384 g/mol. The van der Waals surface area contributed by atoms with Crippen LogP contribution < -0.4 is 5.73 Å². The van der Waals surface area contributed by atoms with Crippen LogP contribution in [0.2, 0.25) is 5.02 Å². The van der Waals surface area contributed by atoms with Crippen LogP contribution in [0.15, 0.2) is 47.5 Å². The van der Waals surface area contributed by atoms with Crippen molar-refractivity contribution >= 4 is 17.6 Å². The van der Waals surface area contributed by atoms with Crippen LogP contribution in [0.1, 0.15) is 37.3 Å². The minimum atomic E-state index is -0.409. The Balaban J connectivity index is 1.62. The van der Waals surface area contributed by atoms with Crippen molar-refractivity contribution in [3.63, 3.8) is 0 Å². The maximum Gasteiger partial charge on any atom is 0.283 e. The van der Waals surface area contributed by atoms with Crippen LogP contribution in [-0.4, -0.2) is 25.8 Å². The van der Waals surface area contributed by atoms with Crippen molar-refractivity contribution < 1.29 is 9.47 Å². The van der Waals surface area contributed by atoms with E-state index < -0.39 is 5.54 Å². The van der Waals surface area contributed by atoms with Crippen molar-refractivity contribution in [2.24, 2.45) is 22.1 Å². The lowest BCUT2D eigenvalue weighted by atomic mass is 9.59. The number of nitrogens with two attached hydrogens (primary N) is 1. The Morgan fingerprint density at radius 2 is 2.03 bits per heavy atom. The van der Waals surface area contributed by atoms with Crippen molar-refractivity contribution in [3.8, 4) is 11.1 Å².